The Morgan fingerprint density at radius 2 is 1.93 bits per heavy atom. The highest BCUT2D eigenvalue weighted by atomic mass is 35.5. The molecule has 0 bridgehead atoms. The van der Waals surface area contributed by atoms with Gasteiger partial charge in [-0.2, -0.15) is 0 Å². The van der Waals surface area contributed by atoms with E-state index < -0.39 is 19.2 Å². The van der Waals surface area contributed by atoms with Crippen molar-refractivity contribution in [2.24, 2.45) is 5.92 Å². The number of nitrogens with one attached hydrogen (secondary N) is 1. The molecule has 1 amide bonds. The molecule has 0 radical (unpaired) electrons. The summed E-state index contributed by atoms with van der Waals surface area (Å²) in [6, 6.07) is 13.0. The van der Waals surface area contributed by atoms with E-state index in [4.69, 9.17) is 11.6 Å². The van der Waals surface area contributed by atoms with Gasteiger partial charge in [0.1, 0.15) is 0 Å². The minimum absolute atomic E-state index is 0.0139. The molecule has 3 unspecified atom stereocenters. The highest BCUT2D eigenvalue weighted by molar-refractivity contribution is 8.03. The fraction of sp³-hybridized carbons (Fsp3) is 0.150. The van der Waals surface area contributed by atoms with Gasteiger partial charge in [0.05, 0.1) is 0 Å². The van der Waals surface area contributed by atoms with Crippen molar-refractivity contribution in [3.8, 4) is 0 Å². The molecule has 3 atom stereocenters. The number of amides is 1. The lowest BCUT2D eigenvalue weighted by Crippen LogP contribution is -2.33. The van der Waals surface area contributed by atoms with Crippen molar-refractivity contribution in [1.29, 1.82) is 0 Å². The SMILES string of the molecule is O=C(Nc1ccc2ccccc2c1)C(C1=CSC2C=CC(Cl)=CC12)P(=O)(O)O. The lowest BCUT2D eigenvalue weighted by atomic mass is 9.90. The first kappa shape index (κ1) is 19.5. The Morgan fingerprint density at radius 1 is 1.18 bits per heavy atom. The number of allylic oxidation sites excluding steroid dienone is 3. The fourth-order valence-electron chi connectivity index (χ4n) is 3.50. The summed E-state index contributed by atoms with van der Waals surface area (Å²) in [5.74, 6) is -1.04. The molecule has 0 saturated carbocycles. The number of fused-ring (bicyclic) bond motifs is 2. The Balaban J connectivity index is 1.63. The van der Waals surface area contributed by atoms with Crippen LogP contribution in [-0.2, 0) is 9.36 Å². The highest BCUT2D eigenvalue weighted by Gasteiger charge is 2.45. The second-order valence-electron chi connectivity index (χ2n) is 6.70. The number of halogens is 1. The standard InChI is InChI=1S/C20H17ClNO4PS/c21-14-6-8-18-16(10-14)17(11-28-18)19(27(24,25)26)20(23)22-15-7-5-12-3-1-2-4-13(12)9-15/h1-11,16,18-19H,(H,22,23)(H2,24,25,26). The van der Waals surface area contributed by atoms with E-state index in [1.54, 1.807) is 29.7 Å². The first-order chi connectivity index (χ1) is 13.3. The molecule has 1 heterocycles. The van der Waals surface area contributed by atoms with E-state index in [-0.39, 0.29) is 11.2 Å². The van der Waals surface area contributed by atoms with Gasteiger partial charge in [-0.3, -0.25) is 9.36 Å². The highest BCUT2D eigenvalue weighted by Crippen LogP contribution is 2.53. The molecule has 1 aliphatic carbocycles. The summed E-state index contributed by atoms with van der Waals surface area (Å²) >= 11 is 7.51. The van der Waals surface area contributed by atoms with Crippen molar-refractivity contribution in [2.75, 3.05) is 5.32 Å². The zero-order valence-corrected chi connectivity index (χ0v) is 17.0. The lowest BCUT2D eigenvalue weighted by Gasteiger charge is -2.25. The van der Waals surface area contributed by atoms with E-state index in [9.17, 15) is 19.1 Å². The van der Waals surface area contributed by atoms with Crippen LogP contribution in [-0.4, -0.2) is 26.6 Å². The molecule has 5 nitrogen and oxygen atoms in total. The van der Waals surface area contributed by atoms with Gasteiger partial charge in [-0.25, -0.2) is 0 Å². The van der Waals surface area contributed by atoms with Crippen LogP contribution in [0.2, 0.25) is 0 Å². The van der Waals surface area contributed by atoms with Crippen LogP contribution < -0.4 is 5.32 Å². The molecule has 4 rings (SSSR count). The van der Waals surface area contributed by atoms with Crippen LogP contribution in [0.25, 0.3) is 10.8 Å². The number of hydrogen-bond acceptors (Lipinski definition) is 3. The summed E-state index contributed by atoms with van der Waals surface area (Å²) in [6.45, 7) is 0. The van der Waals surface area contributed by atoms with Crippen LogP contribution >= 0.6 is 31.0 Å². The normalized spacial score (nSPS) is 22.4. The number of hydrogen-bond donors (Lipinski definition) is 3. The van der Waals surface area contributed by atoms with Gasteiger partial charge in [0.15, 0.2) is 5.66 Å². The largest absolute Gasteiger partial charge is 0.342 e. The summed E-state index contributed by atoms with van der Waals surface area (Å²) in [7, 11) is -4.74. The number of benzene rings is 2. The van der Waals surface area contributed by atoms with E-state index in [1.165, 1.54) is 11.8 Å². The summed E-state index contributed by atoms with van der Waals surface area (Å²) in [4.78, 5) is 32.8. The third kappa shape index (κ3) is 3.84. The van der Waals surface area contributed by atoms with Crippen molar-refractivity contribution in [1.82, 2.24) is 0 Å². The first-order valence-electron chi connectivity index (χ1n) is 8.59. The minimum atomic E-state index is -4.74. The van der Waals surface area contributed by atoms with Crippen molar-refractivity contribution < 1.29 is 19.1 Å². The number of thioether (sulfide) groups is 1. The number of rotatable bonds is 4. The molecule has 0 saturated heterocycles. The molecule has 144 valence electrons. The van der Waals surface area contributed by atoms with E-state index in [1.807, 2.05) is 36.4 Å². The summed E-state index contributed by atoms with van der Waals surface area (Å²) in [5, 5.41) is 6.77. The van der Waals surface area contributed by atoms with Crippen LogP contribution in [0.5, 0.6) is 0 Å². The third-order valence-electron chi connectivity index (χ3n) is 4.80. The van der Waals surface area contributed by atoms with Crippen LogP contribution in [0.3, 0.4) is 0 Å². The molecule has 2 aliphatic rings. The van der Waals surface area contributed by atoms with Gasteiger partial charge in [0.25, 0.3) is 0 Å². The molecular formula is C20H17ClNO4PS. The zero-order valence-electron chi connectivity index (χ0n) is 14.5. The molecule has 2 aromatic carbocycles. The maximum absolute atomic E-state index is 12.9. The van der Waals surface area contributed by atoms with Crippen LogP contribution in [0.4, 0.5) is 5.69 Å². The lowest BCUT2D eigenvalue weighted by molar-refractivity contribution is -0.115. The van der Waals surface area contributed by atoms with Crippen molar-refractivity contribution in [3.05, 3.63) is 76.7 Å². The predicted molar refractivity (Wildman–Crippen MR) is 114 cm³/mol. The second kappa shape index (κ2) is 7.54. The first-order valence-corrected chi connectivity index (χ1v) is 11.6. The van der Waals surface area contributed by atoms with Crippen molar-refractivity contribution >= 4 is 53.3 Å². The van der Waals surface area contributed by atoms with Gasteiger partial charge in [-0.1, -0.05) is 54.1 Å². The average Bonchev–Trinajstić information content (AvgIpc) is 3.03. The zero-order chi connectivity index (χ0) is 19.9. The second-order valence-corrected chi connectivity index (χ2v) is 9.88. The number of carbonyl (C=O) groups is 1. The van der Waals surface area contributed by atoms with Gasteiger partial charge in [0, 0.05) is 21.9 Å². The van der Waals surface area contributed by atoms with Gasteiger partial charge in [-0.15, -0.1) is 11.8 Å². The van der Waals surface area contributed by atoms with E-state index in [0.717, 1.165) is 10.8 Å². The Bertz CT molecular complexity index is 1090. The maximum Gasteiger partial charge on any atom is 0.342 e. The van der Waals surface area contributed by atoms with Gasteiger partial charge >= 0.3 is 7.60 Å². The molecular weight excluding hydrogens is 417 g/mol. The van der Waals surface area contributed by atoms with Crippen molar-refractivity contribution in [2.45, 2.75) is 10.9 Å². The van der Waals surface area contributed by atoms with E-state index >= 15 is 0 Å². The molecule has 28 heavy (non-hydrogen) atoms. The van der Waals surface area contributed by atoms with Gasteiger partial charge < -0.3 is 15.1 Å². The summed E-state index contributed by atoms with van der Waals surface area (Å²) < 4.78 is 12.2. The minimum Gasteiger partial charge on any atom is -0.325 e. The Morgan fingerprint density at radius 3 is 2.68 bits per heavy atom. The molecule has 8 heteroatoms. The van der Waals surface area contributed by atoms with Crippen LogP contribution in [0, 0.1) is 5.92 Å². The number of carbonyl (C=O) groups excluding carboxylic acids is 1. The fourth-order valence-corrected chi connectivity index (χ4v) is 6.00. The molecule has 0 aromatic heterocycles. The van der Waals surface area contributed by atoms with E-state index in [0.29, 0.717) is 16.3 Å². The quantitative estimate of drug-likeness (QED) is 0.612. The Kier molecular flexibility index (Phi) is 5.25. The van der Waals surface area contributed by atoms with E-state index in [2.05, 4.69) is 5.32 Å². The molecule has 2 aromatic rings. The Hall–Kier alpha value is -1.82. The topological polar surface area (TPSA) is 86.6 Å². The summed E-state index contributed by atoms with van der Waals surface area (Å²) in [6.07, 6.45) is 5.39. The molecule has 3 N–H and O–H groups in total. The molecule has 0 spiro atoms. The molecule has 1 aliphatic heterocycles. The third-order valence-corrected chi connectivity index (χ3v) is 7.43. The summed E-state index contributed by atoms with van der Waals surface area (Å²) in [5.41, 5.74) is -0.681. The van der Waals surface area contributed by atoms with Crippen LogP contribution in [0.15, 0.2) is 76.7 Å². The Labute approximate surface area is 171 Å². The van der Waals surface area contributed by atoms with Gasteiger partial charge in [-0.05, 0) is 40.0 Å². The average molecular weight is 434 g/mol. The van der Waals surface area contributed by atoms with Crippen LogP contribution in [0.1, 0.15) is 0 Å². The maximum atomic E-state index is 12.9. The van der Waals surface area contributed by atoms with Crippen molar-refractivity contribution in [3.63, 3.8) is 0 Å². The monoisotopic (exact) mass is 433 g/mol. The smallest absolute Gasteiger partial charge is 0.325 e. The predicted octanol–water partition coefficient (Wildman–Crippen LogP) is 4.63. The van der Waals surface area contributed by atoms with Gasteiger partial charge in [0.2, 0.25) is 5.91 Å². The molecule has 0 fully saturated rings. The number of anilines is 1.